The summed E-state index contributed by atoms with van der Waals surface area (Å²) in [5.41, 5.74) is 10.9. The molecule has 0 bridgehead atoms. The normalized spacial score (nSPS) is 12.6. The van der Waals surface area contributed by atoms with E-state index in [0.717, 1.165) is 65.2 Å². The molecule has 0 aliphatic heterocycles. The van der Waals surface area contributed by atoms with Gasteiger partial charge >= 0.3 is 0 Å². The molecule has 9 rings (SSSR count). The van der Waals surface area contributed by atoms with Crippen LogP contribution in [0.5, 0.6) is 0 Å². The summed E-state index contributed by atoms with van der Waals surface area (Å²) in [6, 6.07) is 49.3. The topological polar surface area (TPSA) is 43.6 Å². The Hall–Kier alpha value is -5.04. The molecule has 0 unspecified atom stereocenters. The molecule has 0 saturated carbocycles. The second-order valence-electron chi connectivity index (χ2n) is 16.1. The number of nitrogens with zero attached hydrogens (tertiary/aromatic N) is 4. The minimum atomic E-state index is -2.13. The molecule has 5 aromatic carbocycles. The van der Waals surface area contributed by atoms with Gasteiger partial charge in [0.05, 0.1) is 30.6 Å². The number of imidazole rings is 1. The van der Waals surface area contributed by atoms with Crippen LogP contribution in [0.2, 0.25) is 19.6 Å². The second kappa shape index (κ2) is 17.0. The van der Waals surface area contributed by atoms with Crippen LogP contribution in [0.25, 0.3) is 70.9 Å². The maximum absolute atomic E-state index is 7.69. The van der Waals surface area contributed by atoms with E-state index in [1.165, 1.54) is 22.0 Å². The second-order valence-corrected chi connectivity index (χ2v) is 22.2. The van der Waals surface area contributed by atoms with Crippen molar-refractivity contribution in [2.24, 2.45) is 0 Å². The zero-order chi connectivity index (χ0) is 42.3. The zero-order valence-electron chi connectivity index (χ0n) is 36.9. The maximum atomic E-state index is 7.69. The van der Waals surface area contributed by atoms with Gasteiger partial charge in [0.1, 0.15) is 4.83 Å². The molecule has 0 amide bonds. The van der Waals surface area contributed by atoms with Crippen LogP contribution in [0.3, 0.4) is 0 Å². The van der Waals surface area contributed by atoms with Crippen molar-refractivity contribution in [3.05, 3.63) is 162 Å². The number of pyridine rings is 2. The first-order valence-corrected chi connectivity index (χ1v) is 23.9. The molecule has 293 valence electrons. The number of hydrogen-bond acceptors (Lipinski definition) is 4. The third kappa shape index (κ3) is 8.14. The summed E-state index contributed by atoms with van der Waals surface area (Å²) in [5.74, 6) is 1.54. The number of rotatable bonds is 7. The van der Waals surface area contributed by atoms with Gasteiger partial charge in [0, 0.05) is 41.7 Å². The molecule has 9 aromatic rings. The fourth-order valence-corrected chi connectivity index (χ4v) is 9.53. The van der Waals surface area contributed by atoms with Crippen LogP contribution in [-0.4, -0.2) is 27.6 Å². The van der Waals surface area contributed by atoms with Gasteiger partial charge in [-0.25, -0.2) is 4.98 Å². The van der Waals surface area contributed by atoms with Gasteiger partial charge in [-0.15, -0.1) is 54.1 Å². The van der Waals surface area contributed by atoms with Crippen LogP contribution >= 0.6 is 11.3 Å². The number of fused-ring (bicyclic) bond motifs is 4. The number of hydrogen-bond donors (Lipinski definition) is 0. The van der Waals surface area contributed by atoms with E-state index >= 15 is 0 Å². The van der Waals surface area contributed by atoms with Crippen molar-refractivity contribution in [2.75, 3.05) is 0 Å². The number of aromatic nitrogens is 4. The van der Waals surface area contributed by atoms with Crippen molar-refractivity contribution in [3.8, 4) is 39.6 Å². The van der Waals surface area contributed by atoms with E-state index in [9.17, 15) is 0 Å². The van der Waals surface area contributed by atoms with E-state index in [1.54, 1.807) is 23.5 Å². The zero-order valence-corrected chi connectivity index (χ0v) is 38.1. The minimum Gasteiger partial charge on any atom is -0.333 e. The number of thiophene rings is 1. The average molecular weight is 972 g/mol. The summed E-state index contributed by atoms with van der Waals surface area (Å²) in [6.07, 6.45) is 2.02. The minimum absolute atomic E-state index is 0. The molecular weight excluding hydrogens is 921 g/mol. The first-order valence-electron chi connectivity index (χ1n) is 21.1. The van der Waals surface area contributed by atoms with Gasteiger partial charge in [0.2, 0.25) is 0 Å². The Morgan fingerprint density at radius 3 is 2.07 bits per heavy atom. The van der Waals surface area contributed by atoms with E-state index in [0.29, 0.717) is 17.4 Å². The molecule has 4 heterocycles. The molecule has 1 radical (unpaired) electrons. The SMILES string of the molecule is C[Si](C)(C)c1ccc(-c2[c-]cccc2)nc1.[2H]C([2H])([2H])c1ccc(-c2ccc3c(n2)sc2c(-c4nc5ccccc5n4-c4c(C(C)C)cccc4C(C)C)[c-]ccc23)cc1.[Ir]. The van der Waals surface area contributed by atoms with Gasteiger partial charge < -0.3 is 9.55 Å². The van der Waals surface area contributed by atoms with Gasteiger partial charge in [0.25, 0.3) is 0 Å². The van der Waals surface area contributed by atoms with E-state index in [2.05, 4.69) is 130 Å². The predicted octanol–water partition coefficient (Wildman–Crippen LogP) is 13.6. The van der Waals surface area contributed by atoms with E-state index in [-0.39, 0.29) is 20.1 Å². The molecule has 58 heavy (non-hydrogen) atoms. The maximum Gasteiger partial charge on any atom is 0.114 e. The third-order valence-corrected chi connectivity index (χ3v) is 13.6. The van der Waals surface area contributed by atoms with Crippen LogP contribution in [-0.2, 0) is 20.1 Å². The van der Waals surface area contributed by atoms with Gasteiger partial charge in [-0.2, -0.15) is 11.3 Å². The number of para-hydroxylation sites is 3. The molecule has 0 aliphatic carbocycles. The molecule has 0 saturated heterocycles. The summed E-state index contributed by atoms with van der Waals surface area (Å²) < 4.78 is 26.5. The molecule has 0 atom stereocenters. The first-order chi connectivity index (χ1) is 28.7. The Morgan fingerprint density at radius 1 is 0.690 bits per heavy atom. The monoisotopic (exact) mass is 972 g/mol. The molecule has 7 heteroatoms. The van der Waals surface area contributed by atoms with Crippen molar-refractivity contribution in [1.82, 2.24) is 19.5 Å². The fraction of sp³-hybridized carbons (Fsp3) is 0.196. The van der Waals surface area contributed by atoms with Crippen molar-refractivity contribution in [1.29, 1.82) is 0 Å². The third-order valence-electron chi connectivity index (χ3n) is 10.4. The number of aryl methyl sites for hydroxylation is 1. The Kier molecular flexibility index (Phi) is 10.9. The van der Waals surface area contributed by atoms with Crippen molar-refractivity contribution < 1.29 is 24.2 Å². The molecule has 4 aromatic heterocycles. The largest absolute Gasteiger partial charge is 0.333 e. The average Bonchev–Trinajstić information content (AvgIpc) is 3.82. The summed E-state index contributed by atoms with van der Waals surface area (Å²) in [6.45, 7) is 13.9. The fourth-order valence-electron chi connectivity index (χ4n) is 7.33. The van der Waals surface area contributed by atoms with E-state index in [4.69, 9.17) is 14.1 Å². The van der Waals surface area contributed by atoms with Gasteiger partial charge in [-0.05, 0) is 69.0 Å². The van der Waals surface area contributed by atoms with Crippen molar-refractivity contribution in [2.45, 2.75) is 66.0 Å². The summed E-state index contributed by atoms with van der Waals surface area (Å²) in [5, 5.41) is 3.60. The first kappa shape index (κ1) is 37.2. The Balaban J connectivity index is 0.000000278. The van der Waals surface area contributed by atoms with Crippen LogP contribution in [0.15, 0.2) is 134 Å². The van der Waals surface area contributed by atoms with Gasteiger partial charge in [0.15, 0.2) is 0 Å². The Bertz CT molecular complexity index is 2920. The summed E-state index contributed by atoms with van der Waals surface area (Å²) >= 11 is 1.65. The van der Waals surface area contributed by atoms with Crippen LogP contribution in [0.1, 0.15) is 60.3 Å². The van der Waals surface area contributed by atoms with Crippen LogP contribution < -0.4 is 5.19 Å². The molecule has 0 aliphatic rings. The number of benzene rings is 5. The molecule has 4 nitrogen and oxygen atoms in total. The predicted molar refractivity (Wildman–Crippen MR) is 246 cm³/mol. The quantitative estimate of drug-likeness (QED) is 0.118. The molecule has 0 spiro atoms. The smallest absolute Gasteiger partial charge is 0.114 e. The molecular formula is C51H48IrN4SSi-2. The van der Waals surface area contributed by atoms with E-state index in [1.807, 2.05) is 60.8 Å². The van der Waals surface area contributed by atoms with Gasteiger partial charge in [-0.3, -0.25) is 4.98 Å². The molecule has 0 fully saturated rings. The molecule has 0 N–H and O–H groups in total. The van der Waals surface area contributed by atoms with E-state index < -0.39 is 14.9 Å². The Morgan fingerprint density at radius 2 is 1.41 bits per heavy atom. The summed E-state index contributed by atoms with van der Waals surface area (Å²) in [4.78, 5) is 15.7. The standard InChI is InChI=1S/C37H32N3S.C14H16NSi.Ir/c1-22(2)26-10-8-11-27(23(3)4)34(26)40-33-15-7-6-14-32(33)38-36(40)30-13-9-12-28-29-20-21-31(39-37(29)41-35(28)30)25-18-16-24(5)17-19-25;1-16(2,3)13-9-10-14(15-11-13)12-7-5-4-6-8-12;/h6-12,14-23H,1-5H3;4-7,9-11H,1-3H3;/q2*-1;/i5D3;;. The summed E-state index contributed by atoms with van der Waals surface area (Å²) in [7, 11) is -1.23. The Labute approximate surface area is 365 Å². The van der Waals surface area contributed by atoms with Crippen LogP contribution in [0, 0.1) is 19.0 Å². The van der Waals surface area contributed by atoms with Crippen LogP contribution in [0.4, 0.5) is 0 Å². The van der Waals surface area contributed by atoms with Gasteiger partial charge in [-0.1, -0.05) is 137 Å². The van der Waals surface area contributed by atoms with Crippen molar-refractivity contribution >= 4 is 55.9 Å². The van der Waals surface area contributed by atoms with Crippen molar-refractivity contribution in [3.63, 3.8) is 0 Å².